The van der Waals surface area contributed by atoms with Crippen LogP contribution in [0.2, 0.25) is 0 Å². The summed E-state index contributed by atoms with van der Waals surface area (Å²) in [6, 6.07) is 6.30. The Bertz CT molecular complexity index is 510. The Hall–Kier alpha value is -0.580. The van der Waals surface area contributed by atoms with Crippen molar-refractivity contribution in [1.29, 1.82) is 0 Å². The first-order valence-electron chi connectivity index (χ1n) is 7.94. The number of hydrogen-bond donors (Lipinski definition) is 1. The van der Waals surface area contributed by atoms with Crippen LogP contribution in [-0.2, 0) is 0 Å². The molecule has 2 aliphatic rings. The molecule has 1 atom stereocenters. The lowest BCUT2D eigenvalue weighted by molar-refractivity contribution is -0.0237. The molecule has 3 nitrogen and oxygen atoms in total. The van der Waals surface area contributed by atoms with Crippen molar-refractivity contribution in [1.82, 2.24) is 4.90 Å². The minimum absolute atomic E-state index is 0.0549. The first-order valence-corrected chi connectivity index (χ1v) is 8.73. The summed E-state index contributed by atoms with van der Waals surface area (Å²) in [5, 5.41) is 0. The zero-order valence-electron chi connectivity index (χ0n) is 12.9. The molecule has 0 aromatic heterocycles. The topological polar surface area (TPSA) is 38.5 Å². The molecule has 0 aliphatic carbocycles. The number of fused-ring (bicyclic) bond motifs is 1. The van der Waals surface area contributed by atoms with Crippen molar-refractivity contribution < 1.29 is 4.74 Å². The summed E-state index contributed by atoms with van der Waals surface area (Å²) in [7, 11) is 0. The molecule has 1 fully saturated rings. The van der Waals surface area contributed by atoms with Gasteiger partial charge < -0.3 is 15.4 Å². The van der Waals surface area contributed by atoms with Gasteiger partial charge in [-0.2, -0.15) is 0 Å². The molecule has 3 rings (SSSR count). The van der Waals surface area contributed by atoms with Crippen molar-refractivity contribution in [3.8, 4) is 5.75 Å². The van der Waals surface area contributed by atoms with Crippen molar-refractivity contribution in [2.24, 2.45) is 11.7 Å². The molecule has 0 radical (unpaired) electrons. The van der Waals surface area contributed by atoms with Crippen LogP contribution in [0, 0.1) is 5.92 Å². The summed E-state index contributed by atoms with van der Waals surface area (Å²) < 4.78 is 7.49. The third-order valence-corrected chi connectivity index (χ3v) is 5.18. The monoisotopic (exact) mass is 352 g/mol. The van der Waals surface area contributed by atoms with Gasteiger partial charge in [-0.25, -0.2) is 0 Å². The second-order valence-electron chi connectivity index (χ2n) is 6.97. The number of ether oxygens (including phenoxy) is 1. The molecule has 0 amide bonds. The van der Waals surface area contributed by atoms with E-state index in [1.54, 1.807) is 0 Å². The summed E-state index contributed by atoms with van der Waals surface area (Å²) in [4.78, 5) is 2.56. The zero-order valence-corrected chi connectivity index (χ0v) is 14.5. The van der Waals surface area contributed by atoms with Crippen molar-refractivity contribution in [2.75, 3.05) is 19.6 Å². The lowest BCUT2D eigenvalue weighted by Crippen LogP contribution is -2.51. The van der Waals surface area contributed by atoms with E-state index in [0.717, 1.165) is 54.1 Å². The maximum absolute atomic E-state index is 6.43. The fraction of sp³-hybridized carbons (Fsp3) is 0.647. The summed E-state index contributed by atoms with van der Waals surface area (Å²) in [5.41, 5.74) is 7.50. The second-order valence-corrected chi connectivity index (χ2v) is 7.89. The maximum atomic E-state index is 6.43. The van der Waals surface area contributed by atoms with Gasteiger partial charge in [0.15, 0.2) is 0 Å². The predicted octanol–water partition coefficient (Wildman–Crippen LogP) is 3.72. The quantitative estimate of drug-likeness (QED) is 0.881. The van der Waals surface area contributed by atoms with E-state index >= 15 is 0 Å². The molecule has 4 heteroatoms. The second kappa shape index (κ2) is 5.90. The van der Waals surface area contributed by atoms with Gasteiger partial charge in [0.25, 0.3) is 0 Å². The van der Waals surface area contributed by atoms with Crippen LogP contribution < -0.4 is 10.5 Å². The van der Waals surface area contributed by atoms with E-state index in [4.69, 9.17) is 10.5 Å². The van der Waals surface area contributed by atoms with Crippen LogP contribution in [0.3, 0.4) is 0 Å². The summed E-state index contributed by atoms with van der Waals surface area (Å²) in [5.74, 6) is 1.70. The number of benzene rings is 1. The highest BCUT2D eigenvalue weighted by Gasteiger charge is 2.42. The molecular weight excluding hydrogens is 328 g/mol. The number of halogens is 1. The number of hydrogen-bond acceptors (Lipinski definition) is 3. The maximum Gasteiger partial charge on any atom is 0.126 e. The van der Waals surface area contributed by atoms with E-state index in [1.165, 1.54) is 6.54 Å². The number of piperidine rings is 1. The molecule has 1 aromatic rings. The van der Waals surface area contributed by atoms with E-state index in [-0.39, 0.29) is 11.6 Å². The van der Waals surface area contributed by atoms with Gasteiger partial charge in [0, 0.05) is 42.1 Å². The molecule has 2 aliphatic heterocycles. The molecule has 1 aromatic carbocycles. The molecule has 21 heavy (non-hydrogen) atoms. The van der Waals surface area contributed by atoms with Crippen LogP contribution in [0.4, 0.5) is 0 Å². The summed E-state index contributed by atoms with van der Waals surface area (Å²) in [6.45, 7) is 7.99. The standard InChI is InChI=1S/C17H25BrN2O/c1-12(2)11-20-7-5-17(6-8-20)10-15(19)14-4-3-13(18)9-16(14)21-17/h3-4,9,12,15H,5-8,10-11,19H2,1-2H3. The van der Waals surface area contributed by atoms with Gasteiger partial charge in [0.05, 0.1) is 0 Å². The van der Waals surface area contributed by atoms with Crippen molar-refractivity contribution in [3.05, 3.63) is 28.2 Å². The SMILES string of the molecule is CC(C)CN1CCC2(CC1)CC(N)c1ccc(Br)cc1O2. The predicted molar refractivity (Wildman–Crippen MR) is 89.6 cm³/mol. The Morgan fingerprint density at radius 3 is 2.76 bits per heavy atom. The highest BCUT2D eigenvalue weighted by molar-refractivity contribution is 9.10. The van der Waals surface area contributed by atoms with Gasteiger partial charge in [-0.1, -0.05) is 35.8 Å². The highest BCUT2D eigenvalue weighted by atomic mass is 79.9. The van der Waals surface area contributed by atoms with Crippen LogP contribution in [-0.4, -0.2) is 30.1 Å². The normalized spacial score (nSPS) is 24.9. The van der Waals surface area contributed by atoms with Crippen molar-refractivity contribution >= 4 is 15.9 Å². The van der Waals surface area contributed by atoms with E-state index in [9.17, 15) is 0 Å². The van der Waals surface area contributed by atoms with Crippen LogP contribution in [0.5, 0.6) is 5.75 Å². The average molecular weight is 353 g/mol. The molecule has 0 bridgehead atoms. The van der Waals surface area contributed by atoms with Crippen molar-refractivity contribution in [2.45, 2.75) is 44.8 Å². The Morgan fingerprint density at radius 1 is 1.38 bits per heavy atom. The number of nitrogens with zero attached hydrogens (tertiary/aromatic N) is 1. The first-order chi connectivity index (χ1) is 9.97. The summed E-state index contributed by atoms with van der Waals surface area (Å²) >= 11 is 3.53. The fourth-order valence-corrected chi connectivity index (χ4v) is 3.99. The third kappa shape index (κ3) is 3.27. The zero-order chi connectivity index (χ0) is 15.0. The Labute approximate surface area is 136 Å². The number of nitrogens with two attached hydrogens (primary N) is 1. The lowest BCUT2D eigenvalue weighted by atomic mass is 9.81. The first kappa shape index (κ1) is 15.3. The van der Waals surface area contributed by atoms with Gasteiger partial charge in [0.1, 0.15) is 11.4 Å². The lowest BCUT2D eigenvalue weighted by Gasteiger charge is -2.46. The summed E-state index contributed by atoms with van der Waals surface area (Å²) in [6.07, 6.45) is 3.11. The van der Waals surface area contributed by atoms with E-state index in [0.29, 0.717) is 0 Å². The van der Waals surface area contributed by atoms with E-state index in [2.05, 4.69) is 46.8 Å². The van der Waals surface area contributed by atoms with Crippen LogP contribution in [0.15, 0.2) is 22.7 Å². The van der Waals surface area contributed by atoms with Gasteiger partial charge >= 0.3 is 0 Å². The van der Waals surface area contributed by atoms with Crippen molar-refractivity contribution in [3.63, 3.8) is 0 Å². The number of rotatable bonds is 2. The smallest absolute Gasteiger partial charge is 0.126 e. The van der Waals surface area contributed by atoms with E-state index < -0.39 is 0 Å². The molecule has 1 unspecified atom stereocenters. The molecule has 2 N–H and O–H groups in total. The molecule has 116 valence electrons. The van der Waals surface area contributed by atoms with Gasteiger partial charge in [0.2, 0.25) is 0 Å². The number of likely N-dealkylation sites (tertiary alicyclic amines) is 1. The molecule has 2 heterocycles. The minimum atomic E-state index is -0.0549. The van der Waals surface area contributed by atoms with E-state index in [1.807, 2.05) is 6.07 Å². The van der Waals surface area contributed by atoms with Crippen LogP contribution in [0.25, 0.3) is 0 Å². The fourth-order valence-electron chi connectivity index (χ4n) is 3.65. The Kier molecular flexibility index (Phi) is 4.30. The molecule has 1 saturated heterocycles. The van der Waals surface area contributed by atoms with Crippen LogP contribution in [0.1, 0.15) is 44.7 Å². The van der Waals surface area contributed by atoms with Gasteiger partial charge in [-0.05, 0) is 30.9 Å². The Morgan fingerprint density at radius 2 is 2.10 bits per heavy atom. The molecule has 1 spiro atoms. The van der Waals surface area contributed by atoms with Gasteiger partial charge in [-0.3, -0.25) is 0 Å². The highest BCUT2D eigenvalue weighted by Crippen LogP contribution is 2.44. The molecule has 0 saturated carbocycles. The average Bonchev–Trinajstić information content (AvgIpc) is 2.40. The molecular formula is C17H25BrN2O. The van der Waals surface area contributed by atoms with Gasteiger partial charge in [-0.15, -0.1) is 0 Å². The third-order valence-electron chi connectivity index (χ3n) is 4.68. The minimum Gasteiger partial charge on any atom is -0.487 e. The Balaban J connectivity index is 1.74. The largest absolute Gasteiger partial charge is 0.487 e. The van der Waals surface area contributed by atoms with Crippen LogP contribution >= 0.6 is 15.9 Å².